The highest BCUT2D eigenvalue weighted by Gasteiger charge is 2.74. The first-order chi connectivity index (χ1) is 22.6. The molecular weight excluding hydrogens is 618 g/mol. The van der Waals surface area contributed by atoms with Crippen molar-refractivity contribution in [1.29, 1.82) is 0 Å². The van der Waals surface area contributed by atoms with E-state index in [4.69, 9.17) is 14.2 Å². The number of esters is 1. The number of amides is 1. The van der Waals surface area contributed by atoms with Crippen LogP contribution in [-0.4, -0.2) is 109 Å². The second kappa shape index (κ2) is 22.7. The largest absolute Gasteiger partial charge is 0.466 e. The summed E-state index contributed by atoms with van der Waals surface area (Å²) < 4.78 is 15.6. The van der Waals surface area contributed by atoms with Gasteiger partial charge in [0.2, 0.25) is 11.4 Å². The molecule has 0 saturated carbocycles. The molecule has 0 aromatic rings. The lowest BCUT2D eigenvalue weighted by atomic mass is 9.95. The molecule has 47 heavy (non-hydrogen) atoms. The highest BCUT2D eigenvalue weighted by molar-refractivity contribution is 5.69. The first-order valence-corrected chi connectivity index (χ1v) is 17.4. The number of hydroxylamine groups is 6. The first-order valence-electron chi connectivity index (χ1n) is 17.4. The molecule has 0 bridgehead atoms. The normalized spacial score (nSPS) is 23.8. The van der Waals surface area contributed by atoms with Crippen LogP contribution in [0.3, 0.4) is 0 Å². The molecular formula is C32H59N3O12. The molecule has 0 spiro atoms. The number of rotatable bonds is 26. The molecule has 2 fully saturated rings. The summed E-state index contributed by atoms with van der Waals surface area (Å²) in [6.07, 6.45) is 19.1. The molecule has 2 unspecified atom stereocenters. The van der Waals surface area contributed by atoms with Crippen molar-refractivity contribution < 1.29 is 59.7 Å². The molecule has 2 aliphatic rings. The van der Waals surface area contributed by atoms with Gasteiger partial charge in [-0.2, -0.15) is 10.0 Å². The molecule has 0 aliphatic carbocycles. The molecule has 0 aromatic heterocycles. The Morgan fingerprint density at radius 1 is 0.872 bits per heavy atom. The smallest absolute Gasteiger partial charge is 0.434 e. The van der Waals surface area contributed by atoms with Crippen LogP contribution in [0.25, 0.3) is 0 Å². The number of allylic oxidation sites excluding steroid dienone is 1. The number of carbonyl (C=O) groups excluding carboxylic acids is 2. The number of carbonyl (C=O) groups is 2. The maximum Gasteiger partial charge on any atom is 0.434 e. The van der Waals surface area contributed by atoms with Crippen molar-refractivity contribution in [1.82, 2.24) is 15.5 Å². The Balaban J connectivity index is 1.45. The number of aliphatic hydroxyl groups is 3. The van der Waals surface area contributed by atoms with Crippen LogP contribution >= 0.6 is 0 Å². The summed E-state index contributed by atoms with van der Waals surface area (Å²) >= 11 is 0. The quantitative estimate of drug-likeness (QED) is 0.0241. The van der Waals surface area contributed by atoms with Gasteiger partial charge in [0.25, 0.3) is 0 Å². The zero-order valence-electron chi connectivity index (χ0n) is 28.0. The van der Waals surface area contributed by atoms with Crippen LogP contribution in [0.5, 0.6) is 0 Å². The second-order valence-corrected chi connectivity index (χ2v) is 12.5. The van der Waals surface area contributed by atoms with Crippen LogP contribution in [0, 0.1) is 0 Å². The van der Waals surface area contributed by atoms with Crippen molar-refractivity contribution in [2.45, 2.75) is 153 Å². The number of fused-ring (bicyclic) bond motifs is 1. The standard InChI is InChI=1S/C32H59N3O12/c1-2-3-4-5-6-7-8-9-10-11-12-13-14-15-20-27(25-36)33(41)30(38)45-24-19-17-22-29(37)44-23-18-16-21-28-32(40)31(39,26-46-28)34(42)47-35(32)43/h14-15,27-28,36,39-43H,2-13,16-26H2,1H3/b15-14+/t27-,28+,31?,32?/m1/s1. The number of ether oxygens (including phenoxy) is 3. The third-order valence-corrected chi connectivity index (χ3v) is 8.70. The number of aliphatic hydroxyl groups excluding tert-OH is 1. The van der Waals surface area contributed by atoms with Gasteiger partial charge in [0.15, 0.2) is 0 Å². The van der Waals surface area contributed by atoms with E-state index in [1.165, 1.54) is 64.2 Å². The summed E-state index contributed by atoms with van der Waals surface area (Å²) in [4.78, 5) is 28.6. The predicted octanol–water partition coefficient (Wildman–Crippen LogP) is 4.72. The Hall–Kier alpha value is -1.92. The van der Waals surface area contributed by atoms with E-state index in [1.807, 2.05) is 12.2 Å². The lowest BCUT2D eigenvalue weighted by Crippen LogP contribution is -2.63. The van der Waals surface area contributed by atoms with Crippen molar-refractivity contribution >= 4 is 12.1 Å². The van der Waals surface area contributed by atoms with Gasteiger partial charge in [-0.25, -0.2) is 4.79 Å². The Bertz CT molecular complexity index is 915. The van der Waals surface area contributed by atoms with Crippen LogP contribution in [0.2, 0.25) is 0 Å². The summed E-state index contributed by atoms with van der Waals surface area (Å²) in [6.45, 7) is 1.42. The molecule has 15 nitrogen and oxygen atoms in total. The third-order valence-electron chi connectivity index (χ3n) is 8.70. The third kappa shape index (κ3) is 13.1. The number of hydrogen-bond donors (Lipinski definition) is 6. The zero-order chi connectivity index (χ0) is 34.5. The highest BCUT2D eigenvalue weighted by Crippen LogP contribution is 2.45. The van der Waals surface area contributed by atoms with Crippen LogP contribution in [-0.2, 0) is 23.9 Å². The minimum absolute atomic E-state index is 0.0104. The molecule has 0 aromatic carbocycles. The maximum atomic E-state index is 12.2. The number of unbranched alkanes of at least 4 members (excludes halogenated alkanes) is 13. The van der Waals surface area contributed by atoms with E-state index in [-0.39, 0.29) is 36.5 Å². The van der Waals surface area contributed by atoms with E-state index in [0.29, 0.717) is 37.2 Å². The molecule has 15 heteroatoms. The van der Waals surface area contributed by atoms with Crippen molar-refractivity contribution in [2.24, 2.45) is 0 Å². The lowest BCUT2D eigenvalue weighted by Gasteiger charge is -2.32. The van der Waals surface area contributed by atoms with Gasteiger partial charge in [-0.15, -0.1) is 0 Å². The van der Waals surface area contributed by atoms with E-state index in [9.17, 15) is 40.5 Å². The number of hydrogen-bond acceptors (Lipinski definition) is 14. The van der Waals surface area contributed by atoms with E-state index < -0.39 is 48.9 Å². The van der Waals surface area contributed by atoms with Gasteiger partial charge in [0.1, 0.15) is 6.10 Å². The molecule has 0 radical (unpaired) electrons. The Morgan fingerprint density at radius 2 is 1.49 bits per heavy atom. The summed E-state index contributed by atoms with van der Waals surface area (Å²) in [6, 6.07) is -0.807. The highest BCUT2D eigenvalue weighted by atomic mass is 17.1. The van der Waals surface area contributed by atoms with Crippen LogP contribution in [0.15, 0.2) is 12.2 Å². The zero-order valence-corrected chi connectivity index (χ0v) is 28.0. The molecule has 2 aliphatic heterocycles. The van der Waals surface area contributed by atoms with Crippen molar-refractivity contribution in [3.8, 4) is 0 Å². The monoisotopic (exact) mass is 677 g/mol. The fourth-order valence-corrected chi connectivity index (χ4v) is 5.64. The Kier molecular flexibility index (Phi) is 19.9. The Morgan fingerprint density at radius 3 is 2.15 bits per heavy atom. The van der Waals surface area contributed by atoms with Gasteiger partial charge in [0, 0.05) is 6.42 Å². The molecule has 2 saturated heterocycles. The molecule has 2 heterocycles. The van der Waals surface area contributed by atoms with Crippen LogP contribution in [0.1, 0.15) is 129 Å². The minimum atomic E-state index is -2.39. The maximum absolute atomic E-state index is 12.2. The van der Waals surface area contributed by atoms with Gasteiger partial charge in [-0.1, -0.05) is 83.3 Å². The summed E-state index contributed by atoms with van der Waals surface area (Å²) in [5, 5.41) is 60.3. The first kappa shape index (κ1) is 41.3. The fraction of sp³-hybridized carbons (Fsp3) is 0.875. The van der Waals surface area contributed by atoms with Gasteiger partial charge in [-0.3, -0.25) is 20.4 Å². The van der Waals surface area contributed by atoms with Crippen LogP contribution in [0.4, 0.5) is 4.79 Å². The predicted molar refractivity (Wildman–Crippen MR) is 167 cm³/mol. The molecule has 4 atom stereocenters. The van der Waals surface area contributed by atoms with E-state index in [0.717, 1.165) is 12.8 Å². The summed E-state index contributed by atoms with van der Waals surface area (Å²) in [7, 11) is 0. The van der Waals surface area contributed by atoms with Crippen LogP contribution < -0.4 is 0 Å². The van der Waals surface area contributed by atoms with Gasteiger partial charge in [0.05, 0.1) is 32.5 Å². The van der Waals surface area contributed by atoms with Crippen molar-refractivity contribution in [2.75, 3.05) is 26.4 Å². The van der Waals surface area contributed by atoms with Gasteiger partial charge < -0.3 is 29.5 Å². The second-order valence-electron chi connectivity index (χ2n) is 12.5. The summed E-state index contributed by atoms with van der Waals surface area (Å²) in [5.74, 6) is -0.438. The van der Waals surface area contributed by atoms with Gasteiger partial charge in [-0.05, 0) is 61.8 Å². The molecule has 1 amide bonds. The SMILES string of the molecule is CCCCCCCCCCCCC/C=C/C[C@H](CO)N(O)C(=O)OCCCCC(=O)OCCCC[C@@H]1OCC2(O)N(O)ON(O)C12O. The minimum Gasteiger partial charge on any atom is -0.466 e. The van der Waals surface area contributed by atoms with E-state index in [2.05, 4.69) is 11.9 Å². The molecule has 274 valence electrons. The summed E-state index contributed by atoms with van der Waals surface area (Å²) in [5.41, 5.74) is -4.75. The van der Waals surface area contributed by atoms with E-state index >= 15 is 0 Å². The topological polar surface area (TPSA) is 202 Å². The lowest BCUT2D eigenvalue weighted by molar-refractivity contribution is -0.507. The Labute approximate surface area is 278 Å². The fourth-order valence-electron chi connectivity index (χ4n) is 5.64. The average Bonchev–Trinajstić information content (AvgIpc) is 3.42. The van der Waals surface area contributed by atoms with Crippen molar-refractivity contribution in [3.63, 3.8) is 0 Å². The van der Waals surface area contributed by atoms with E-state index in [1.54, 1.807) is 0 Å². The molecule has 2 rings (SSSR count). The molecule has 6 N–H and O–H groups in total. The van der Waals surface area contributed by atoms with Gasteiger partial charge >= 0.3 is 12.1 Å². The van der Waals surface area contributed by atoms with Crippen molar-refractivity contribution in [3.05, 3.63) is 12.2 Å². The average molecular weight is 678 g/mol. The number of nitrogens with zero attached hydrogens (tertiary/aromatic N) is 3.